The van der Waals surface area contributed by atoms with Crippen LogP contribution in [0.4, 0.5) is 0 Å². The molecule has 2 aliphatic rings. The van der Waals surface area contributed by atoms with Crippen molar-refractivity contribution in [2.24, 2.45) is 16.7 Å². The van der Waals surface area contributed by atoms with Gasteiger partial charge < -0.3 is 10.0 Å². The first-order chi connectivity index (χ1) is 8.86. The molecule has 19 heavy (non-hydrogen) atoms. The van der Waals surface area contributed by atoms with E-state index in [1.54, 1.807) is 0 Å². The minimum atomic E-state index is -0.110. The Hall–Kier alpha value is -0.0800. The quantitative estimate of drug-likeness (QED) is 0.843. The molecule has 2 nitrogen and oxygen atoms in total. The third-order valence-corrected chi connectivity index (χ3v) is 6.05. The Morgan fingerprint density at radius 1 is 1.11 bits per heavy atom. The van der Waals surface area contributed by atoms with Crippen molar-refractivity contribution in [2.75, 3.05) is 19.6 Å². The minimum Gasteiger partial charge on any atom is -0.392 e. The van der Waals surface area contributed by atoms with Crippen LogP contribution in [0.2, 0.25) is 0 Å². The van der Waals surface area contributed by atoms with Crippen LogP contribution >= 0.6 is 0 Å². The molecular weight excluding hydrogens is 234 g/mol. The van der Waals surface area contributed by atoms with Crippen LogP contribution < -0.4 is 0 Å². The Bertz CT molecular complexity index is 292. The molecule has 1 saturated heterocycles. The predicted molar refractivity (Wildman–Crippen MR) is 81.2 cm³/mol. The smallest absolute Gasteiger partial charge is 0.0631 e. The van der Waals surface area contributed by atoms with E-state index < -0.39 is 0 Å². The third-order valence-electron chi connectivity index (χ3n) is 6.05. The summed E-state index contributed by atoms with van der Waals surface area (Å²) < 4.78 is 0. The zero-order valence-electron chi connectivity index (χ0n) is 13.4. The highest BCUT2D eigenvalue weighted by Crippen LogP contribution is 2.40. The molecule has 2 unspecified atom stereocenters. The average molecular weight is 267 g/mol. The van der Waals surface area contributed by atoms with Crippen molar-refractivity contribution in [3.05, 3.63) is 0 Å². The largest absolute Gasteiger partial charge is 0.392 e. The molecule has 1 aliphatic heterocycles. The lowest BCUT2D eigenvalue weighted by atomic mass is 9.69. The Morgan fingerprint density at radius 3 is 2.32 bits per heavy atom. The zero-order valence-corrected chi connectivity index (χ0v) is 13.4. The molecule has 0 amide bonds. The van der Waals surface area contributed by atoms with E-state index in [1.165, 1.54) is 51.6 Å². The number of hydrogen-bond acceptors (Lipinski definition) is 2. The van der Waals surface area contributed by atoms with E-state index in [0.29, 0.717) is 11.3 Å². The average Bonchev–Trinajstić information content (AvgIpc) is 2.38. The summed E-state index contributed by atoms with van der Waals surface area (Å²) >= 11 is 0. The van der Waals surface area contributed by atoms with Crippen molar-refractivity contribution in [1.29, 1.82) is 0 Å². The first-order valence-electron chi connectivity index (χ1n) is 8.27. The molecule has 0 aromatic carbocycles. The van der Waals surface area contributed by atoms with Crippen molar-refractivity contribution in [3.8, 4) is 0 Å². The SMILES string of the molecule is CCC1(C)CCN(CC2CCCC(C)(C)C2O)CC1. The van der Waals surface area contributed by atoms with E-state index in [-0.39, 0.29) is 11.5 Å². The molecule has 112 valence electrons. The van der Waals surface area contributed by atoms with E-state index in [9.17, 15) is 5.11 Å². The van der Waals surface area contributed by atoms with Gasteiger partial charge in [0.25, 0.3) is 0 Å². The van der Waals surface area contributed by atoms with Crippen LogP contribution in [0.5, 0.6) is 0 Å². The number of aliphatic hydroxyl groups excluding tert-OH is 1. The number of rotatable bonds is 3. The van der Waals surface area contributed by atoms with Crippen LogP contribution in [-0.4, -0.2) is 35.7 Å². The molecule has 1 saturated carbocycles. The molecule has 2 heteroatoms. The topological polar surface area (TPSA) is 23.5 Å². The maximum absolute atomic E-state index is 10.5. The summed E-state index contributed by atoms with van der Waals surface area (Å²) in [4.78, 5) is 2.60. The molecule has 0 spiro atoms. The van der Waals surface area contributed by atoms with E-state index in [2.05, 4.69) is 32.6 Å². The van der Waals surface area contributed by atoms with Crippen molar-refractivity contribution < 1.29 is 5.11 Å². The van der Waals surface area contributed by atoms with Gasteiger partial charge in [0.05, 0.1) is 6.10 Å². The summed E-state index contributed by atoms with van der Waals surface area (Å²) in [6.07, 6.45) is 7.53. The monoisotopic (exact) mass is 267 g/mol. The van der Waals surface area contributed by atoms with Crippen molar-refractivity contribution in [3.63, 3.8) is 0 Å². The van der Waals surface area contributed by atoms with E-state index in [1.807, 2.05) is 0 Å². The first-order valence-corrected chi connectivity index (χ1v) is 8.27. The Morgan fingerprint density at radius 2 is 1.74 bits per heavy atom. The van der Waals surface area contributed by atoms with Gasteiger partial charge in [0, 0.05) is 6.54 Å². The molecule has 0 radical (unpaired) electrons. The van der Waals surface area contributed by atoms with Gasteiger partial charge in [-0.1, -0.05) is 40.5 Å². The molecule has 2 rings (SSSR count). The predicted octanol–water partition coefficient (Wildman–Crippen LogP) is 3.69. The van der Waals surface area contributed by atoms with Gasteiger partial charge in [-0.25, -0.2) is 0 Å². The van der Waals surface area contributed by atoms with Gasteiger partial charge in [-0.05, 0) is 55.5 Å². The normalized spacial score (nSPS) is 35.2. The Labute approximate surface area is 119 Å². The standard InChI is InChI=1S/C17H33NO/c1-5-17(4)9-11-18(12-10-17)13-14-7-6-8-16(2,3)15(14)19/h14-15,19H,5-13H2,1-4H3. The lowest BCUT2D eigenvalue weighted by Crippen LogP contribution is -2.47. The second-order valence-corrected chi connectivity index (χ2v) is 8.05. The molecular formula is C17H33NO. The van der Waals surface area contributed by atoms with Crippen LogP contribution in [0, 0.1) is 16.7 Å². The number of likely N-dealkylation sites (tertiary alicyclic amines) is 1. The number of piperidine rings is 1. The van der Waals surface area contributed by atoms with Crippen LogP contribution in [0.15, 0.2) is 0 Å². The molecule has 1 aliphatic carbocycles. The first kappa shape index (κ1) is 15.3. The molecule has 2 atom stereocenters. The van der Waals surface area contributed by atoms with Crippen LogP contribution in [0.25, 0.3) is 0 Å². The van der Waals surface area contributed by atoms with Crippen molar-refractivity contribution >= 4 is 0 Å². The highest BCUT2D eigenvalue weighted by Gasteiger charge is 2.39. The molecule has 2 fully saturated rings. The summed E-state index contributed by atoms with van der Waals surface area (Å²) in [7, 11) is 0. The number of aliphatic hydroxyl groups is 1. The van der Waals surface area contributed by atoms with Crippen LogP contribution in [-0.2, 0) is 0 Å². The highest BCUT2D eigenvalue weighted by molar-refractivity contribution is 4.90. The van der Waals surface area contributed by atoms with Crippen LogP contribution in [0.1, 0.15) is 66.2 Å². The summed E-state index contributed by atoms with van der Waals surface area (Å²) in [6.45, 7) is 12.8. The van der Waals surface area contributed by atoms with Gasteiger partial charge in [-0.2, -0.15) is 0 Å². The van der Waals surface area contributed by atoms with E-state index >= 15 is 0 Å². The lowest BCUT2D eigenvalue weighted by molar-refractivity contribution is -0.0477. The maximum Gasteiger partial charge on any atom is 0.0631 e. The maximum atomic E-state index is 10.5. The fourth-order valence-corrected chi connectivity index (χ4v) is 3.92. The second kappa shape index (κ2) is 5.73. The molecule has 0 aromatic heterocycles. The number of nitrogens with zero attached hydrogens (tertiary/aromatic N) is 1. The lowest BCUT2D eigenvalue weighted by Gasteiger charge is -2.45. The molecule has 1 N–H and O–H groups in total. The summed E-state index contributed by atoms with van der Waals surface area (Å²) in [5.41, 5.74) is 0.692. The van der Waals surface area contributed by atoms with Gasteiger partial charge in [-0.15, -0.1) is 0 Å². The minimum absolute atomic E-state index is 0.110. The number of hydrogen-bond donors (Lipinski definition) is 1. The van der Waals surface area contributed by atoms with Crippen molar-refractivity contribution in [2.45, 2.75) is 72.3 Å². The van der Waals surface area contributed by atoms with Gasteiger partial charge >= 0.3 is 0 Å². The highest BCUT2D eigenvalue weighted by atomic mass is 16.3. The Balaban J connectivity index is 1.85. The van der Waals surface area contributed by atoms with Gasteiger partial charge in [0.15, 0.2) is 0 Å². The molecule has 1 heterocycles. The molecule has 0 aromatic rings. The second-order valence-electron chi connectivity index (χ2n) is 8.05. The third kappa shape index (κ3) is 3.52. The summed E-state index contributed by atoms with van der Waals surface area (Å²) in [5.74, 6) is 0.495. The van der Waals surface area contributed by atoms with E-state index in [4.69, 9.17) is 0 Å². The van der Waals surface area contributed by atoms with Crippen LogP contribution in [0.3, 0.4) is 0 Å². The van der Waals surface area contributed by atoms with E-state index in [0.717, 1.165) is 6.54 Å². The zero-order chi connectivity index (χ0) is 14.1. The summed E-state index contributed by atoms with van der Waals surface area (Å²) in [5, 5.41) is 10.5. The van der Waals surface area contributed by atoms with Gasteiger partial charge in [0.2, 0.25) is 0 Å². The van der Waals surface area contributed by atoms with Crippen molar-refractivity contribution in [1.82, 2.24) is 4.90 Å². The Kier molecular flexibility index (Phi) is 4.62. The molecule has 0 bridgehead atoms. The van der Waals surface area contributed by atoms with Gasteiger partial charge in [0.1, 0.15) is 0 Å². The fraction of sp³-hybridized carbons (Fsp3) is 1.00. The van der Waals surface area contributed by atoms with Gasteiger partial charge in [-0.3, -0.25) is 0 Å². The summed E-state index contributed by atoms with van der Waals surface area (Å²) in [6, 6.07) is 0. The fourth-order valence-electron chi connectivity index (χ4n) is 3.92.